The number of nitro groups is 1. The number of halogens is 4. The molecule has 2 N–H and O–H groups in total. The van der Waals surface area contributed by atoms with E-state index in [-0.39, 0.29) is 37.5 Å². The largest absolute Gasteiger partial charge is 0.441 e. The summed E-state index contributed by atoms with van der Waals surface area (Å²) in [5.41, 5.74) is -1.09. The van der Waals surface area contributed by atoms with E-state index in [0.717, 1.165) is 17.7 Å². The third-order valence-electron chi connectivity index (χ3n) is 4.53. The van der Waals surface area contributed by atoms with E-state index in [9.17, 15) is 28.1 Å². The molecule has 0 bridgehead atoms. The number of oxazole rings is 1. The summed E-state index contributed by atoms with van der Waals surface area (Å²) in [5.74, 6) is 0.628. The summed E-state index contributed by atoms with van der Waals surface area (Å²) in [7, 11) is 0. The average Bonchev–Trinajstić information content (AvgIpc) is 3.24. The zero-order chi connectivity index (χ0) is 24.0. The predicted molar refractivity (Wildman–Crippen MR) is 115 cm³/mol. The van der Waals surface area contributed by atoms with Gasteiger partial charge in [-0.2, -0.15) is 13.2 Å². The average molecular weight is 483 g/mol. The van der Waals surface area contributed by atoms with Gasteiger partial charge >= 0.3 is 6.18 Å². The quantitative estimate of drug-likeness (QED) is 0.250. The van der Waals surface area contributed by atoms with Crippen LogP contribution in [0, 0.1) is 10.1 Å². The van der Waals surface area contributed by atoms with Gasteiger partial charge in [0, 0.05) is 42.6 Å². The normalized spacial score (nSPS) is 11.3. The number of nitrogens with one attached hydrogen (secondary N) is 2. The summed E-state index contributed by atoms with van der Waals surface area (Å²) >= 11 is 5.85. The van der Waals surface area contributed by atoms with Crippen molar-refractivity contribution in [2.45, 2.75) is 19.0 Å². The number of nitro benzene ring substituents is 1. The summed E-state index contributed by atoms with van der Waals surface area (Å²) < 4.78 is 43.9. The molecule has 174 valence electrons. The highest BCUT2D eigenvalue weighted by Gasteiger charge is 2.33. The first-order valence-corrected chi connectivity index (χ1v) is 10.1. The van der Waals surface area contributed by atoms with Gasteiger partial charge in [0.15, 0.2) is 11.7 Å². The SMILES string of the molecule is O=C(CCc1ncc(-c2ccc(Cl)cc2)o1)NCCNc1ccc(C(F)(F)F)cc1[N+](=O)[O-]. The van der Waals surface area contributed by atoms with Crippen LogP contribution in [0.4, 0.5) is 24.5 Å². The highest BCUT2D eigenvalue weighted by Crippen LogP contribution is 2.34. The predicted octanol–water partition coefficient (Wildman–Crippen LogP) is 5.08. The Bertz CT molecular complexity index is 1130. The van der Waals surface area contributed by atoms with Crippen LogP contribution >= 0.6 is 11.6 Å². The number of benzene rings is 2. The van der Waals surface area contributed by atoms with Gasteiger partial charge in [0.05, 0.1) is 16.7 Å². The Labute approximate surface area is 190 Å². The number of anilines is 1. The van der Waals surface area contributed by atoms with Crippen LogP contribution in [0.15, 0.2) is 53.1 Å². The minimum atomic E-state index is -4.68. The van der Waals surface area contributed by atoms with Gasteiger partial charge < -0.3 is 15.1 Å². The number of aromatic nitrogens is 1. The molecule has 0 atom stereocenters. The van der Waals surface area contributed by atoms with Crippen molar-refractivity contribution in [2.24, 2.45) is 0 Å². The van der Waals surface area contributed by atoms with Crippen LogP contribution in [0.2, 0.25) is 5.02 Å². The van der Waals surface area contributed by atoms with E-state index in [1.807, 2.05) is 0 Å². The van der Waals surface area contributed by atoms with Crippen LogP contribution in [-0.4, -0.2) is 28.9 Å². The number of aryl methyl sites for hydroxylation is 1. The molecule has 0 unspecified atom stereocenters. The summed E-state index contributed by atoms with van der Waals surface area (Å²) in [4.78, 5) is 26.3. The third kappa shape index (κ3) is 6.69. The monoisotopic (exact) mass is 482 g/mol. The Morgan fingerprint density at radius 1 is 1.15 bits per heavy atom. The van der Waals surface area contributed by atoms with Crippen molar-refractivity contribution in [2.75, 3.05) is 18.4 Å². The fraction of sp³-hybridized carbons (Fsp3) is 0.238. The number of carbonyl (C=O) groups is 1. The van der Waals surface area contributed by atoms with E-state index in [1.54, 1.807) is 30.5 Å². The van der Waals surface area contributed by atoms with Gasteiger partial charge in [-0.05, 0) is 36.4 Å². The second-order valence-electron chi connectivity index (χ2n) is 6.89. The lowest BCUT2D eigenvalue weighted by Gasteiger charge is -2.11. The molecule has 33 heavy (non-hydrogen) atoms. The molecule has 0 fully saturated rings. The molecule has 0 aliphatic carbocycles. The van der Waals surface area contributed by atoms with Crippen molar-refractivity contribution < 1.29 is 27.3 Å². The molecule has 0 spiro atoms. The fourth-order valence-corrected chi connectivity index (χ4v) is 3.02. The van der Waals surface area contributed by atoms with Gasteiger partial charge in [-0.15, -0.1) is 0 Å². The van der Waals surface area contributed by atoms with Crippen LogP contribution in [0.3, 0.4) is 0 Å². The first-order valence-electron chi connectivity index (χ1n) is 9.70. The van der Waals surface area contributed by atoms with Crippen molar-refractivity contribution in [3.05, 3.63) is 75.3 Å². The maximum absolute atomic E-state index is 12.7. The molecule has 3 aromatic rings. The smallest absolute Gasteiger partial charge is 0.416 e. The minimum Gasteiger partial charge on any atom is -0.441 e. The van der Waals surface area contributed by atoms with E-state index in [0.29, 0.717) is 22.7 Å². The Morgan fingerprint density at radius 2 is 1.88 bits per heavy atom. The Morgan fingerprint density at radius 3 is 2.55 bits per heavy atom. The number of alkyl halides is 3. The van der Waals surface area contributed by atoms with Gasteiger partial charge in [-0.1, -0.05) is 11.6 Å². The molecule has 1 heterocycles. The van der Waals surface area contributed by atoms with E-state index < -0.39 is 22.4 Å². The number of hydrogen-bond donors (Lipinski definition) is 2. The molecule has 0 saturated carbocycles. The molecule has 0 aliphatic heterocycles. The maximum Gasteiger partial charge on any atom is 0.416 e. The molecule has 2 aromatic carbocycles. The standard InChI is InChI=1S/C21H18ClF3N4O4/c22-15-4-1-13(2-5-15)18-12-28-20(33-18)8-7-19(30)27-10-9-26-16-6-3-14(21(23,24)25)11-17(16)29(31)32/h1-6,11-12,26H,7-10H2,(H,27,30). The number of amides is 1. The van der Waals surface area contributed by atoms with Gasteiger partial charge in [0.2, 0.25) is 5.91 Å². The van der Waals surface area contributed by atoms with Crippen LogP contribution in [0.25, 0.3) is 11.3 Å². The highest BCUT2D eigenvalue weighted by atomic mass is 35.5. The zero-order valence-electron chi connectivity index (χ0n) is 17.0. The summed E-state index contributed by atoms with van der Waals surface area (Å²) in [6, 6.07) is 9.22. The number of carbonyl (C=O) groups excluding carboxylic acids is 1. The first-order chi connectivity index (χ1) is 15.6. The second-order valence-corrected chi connectivity index (χ2v) is 7.33. The van der Waals surface area contributed by atoms with Crippen molar-refractivity contribution in [3.63, 3.8) is 0 Å². The zero-order valence-corrected chi connectivity index (χ0v) is 17.7. The van der Waals surface area contributed by atoms with E-state index in [4.69, 9.17) is 16.0 Å². The Hall–Kier alpha value is -3.60. The number of hydrogen-bond acceptors (Lipinski definition) is 6. The van der Waals surface area contributed by atoms with E-state index >= 15 is 0 Å². The molecule has 8 nitrogen and oxygen atoms in total. The summed E-state index contributed by atoms with van der Waals surface area (Å²) in [6.45, 7) is 0.191. The van der Waals surface area contributed by atoms with Gasteiger partial charge in [-0.25, -0.2) is 4.98 Å². The second kappa shape index (κ2) is 10.3. The van der Waals surface area contributed by atoms with Gasteiger partial charge in [-0.3, -0.25) is 14.9 Å². The van der Waals surface area contributed by atoms with Crippen molar-refractivity contribution in [1.29, 1.82) is 0 Å². The van der Waals surface area contributed by atoms with Crippen molar-refractivity contribution in [1.82, 2.24) is 10.3 Å². The maximum atomic E-state index is 12.7. The number of rotatable bonds is 9. The fourth-order valence-electron chi connectivity index (χ4n) is 2.89. The van der Waals surface area contributed by atoms with Crippen molar-refractivity contribution in [3.8, 4) is 11.3 Å². The molecule has 12 heteroatoms. The third-order valence-corrected chi connectivity index (χ3v) is 4.78. The molecular weight excluding hydrogens is 465 g/mol. The Balaban J connectivity index is 1.45. The highest BCUT2D eigenvalue weighted by molar-refractivity contribution is 6.30. The van der Waals surface area contributed by atoms with Crippen LogP contribution in [0.5, 0.6) is 0 Å². The molecule has 0 aliphatic rings. The molecule has 0 saturated heterocycles. The van der Waals surface area contributed by atoms with Crippen LogP contribution in [0.1, 0.15) is 17.9 Å². The lowest BCUT2D eigenvalue weighted by molar-refractivity contribution is -0.384. The van der Waals surface area contributed by atoms with E-state index in [2.05, 4.69) is 15.6 Å². The lowest BCUT2D eigenvalue weighted by atomic mass is 10.1. The Kier molecular flexibility index (Phi) is 7.54. The van der Waals surface area contributed by atoms with Gasteiger partial charge in [0.25, 0.3) is 5.69 Å². The summed E-state index contributed by atoms with van der Waals surface area (Å²) in [6.07, 6.45) is -2.77. The lowest BCUT2D eigenvalue weighted by Crippen LogP contribution is -2.29. The molecule has 0 radical (unpaired) electrons. The minimum absolute atomic E-state index is 0.0724. The number of nitrogens with zero attached hydrogens (tertiary/aromatic N) is 2. The van der Waals surface area contributed by atoms with Gasteiger partial charge in [0.1, 0.15) is 5.69 Å². The van der Waals surface area contributed by atoms with Crippen LogP contribution in [-0.2, 0) is 17.4 Å². The summed E-state index contributed by atoms with van der Waals surface area (Å²) in [5, 5.41) is 17.0. The van der Waals surface area contributed by atoms with Crippen molar-refractivity contribution >= 4 is 28.9 Å². The van der Waals surface area contributed by atoms with Crippen LogP contribution < -0.4 is 10.6 Å². The topological polar surface area (TPSA) is 110 Å². The first kappa shape index (κ1) is 24.1. The van der Waals surface area contributed by atoms with E-state index in [1.165, 1.54) is 0 Å². The molecule has 3 rings (SSSR count). The molecular formula is C21H18ClF3N4O4. The molecule has 1 aromatic heterocycles. The molecule has 1 amide bonds.